The van der Waals surface area contributed by atoms with Crippen molar-refractivity contribution in [2.75, 3.05) is 0 Å². The topological polar surface area (TPSA) is 12.9 Å². The van der Waals surface area contributed by atoms with Gasteiger partial charge in [0.25, 0.3) is 0 Å². The van der Waals surface area contributed by atoms with Gasteiger partial charge in [0.15, 0.2) is 0 Å². The summed E-state index contributed by atoms with van der Waals surface area (Å²) in [5.74, 6) is 1.76. The first kappa shape index (κ1) is 10.2. The standard InChI is InChI=1S/C12H19NS/c1-2-10-4-3-5-11(7-6-10)12-13-8-9-14-12/h8-11H,2-7H2,1H3. The monoisotopic (exact) mass is 209 g/mol. The predicted molar refractivity (Wildman–Crippen MR) is 61.7 cm³/mol. The SMILES string of the molecule is CCC1CCCC(c2nccs2)CC1. The Bertz CT molecular complexity index is 255. The molecule has 0 aromatic carbocycles. The first-order valence-corrected chi connectivity index (χ1v) is 6.67. The molecule has 0 aliphatic heterocycles. The van der Waals surface area contributed by atoms with Gasteiger partial charge in [-0.2, -0.15) is 0 Å². The van der Waals surface area contributed by atoms with Crippen LogP contribution in [0.4, 0.5) is 0 Å². The van der Waals surface area contributed by atoms with Gasteiger partial charge >= 0.3 is 0 Å². The van der Waals surface area contributed by atoms with Crippen LogP contribution in [0.2, 0.25) is 0 Å². The molecule has 0 spiro atoms. The highest BCUT2D eigenvalue weighted by molar-refractivity contribution is 7.09. The summed E-state index contributed by atoms with van der Waals surface area (Å²) in [5, 5.41) is 3.49. The zero-order valence-corrected chi connectivity index (χ0v) is 9.72. The lowest BCUT2D eigenvalue weighted by atomic mass is 9.96. The highest BCUT2D eigenvalue weighted by Crippen LogP contribution is 2.35. The summed E-state index contributed by atoms with van der Waals surface area (Å²) < 4.78 is 0. The summed E-state index contributed by atoms with van der Waals surface area (Å²) in [6.45, 7) is 2.33. The lowest BCUT2D eigenvalue weighted by Gasteiger charge is -2.11. The quantitative estimate of drug-likeness (QED) is 0.665. The average molecular weight is 209 g/mol. The minimum Gasteiger partial charge on any atom is -0.249 e. The van der Waals surface area contributed by atoms with E-state index in [1.54, 1.807) is 0 Å². The highest BCUT2D eigenvalue weighted by atomic mass is 32.1. The Kier molecular flexibility index (Phi) is 3.57. The minimum absolute atomic E-state index is 0.770. The Balaban J connectivity index is 1.96. The van der Waals surface area contributed by atoms with E-state index >= 15 is 0 Å². The second kappa shape index (κ2) is 4.92. The van der Waals surface area contributed by atoms with Crippen molar-refractivity contribution in [3.8, 4) is 0 Å². The molecule has 1 heterocycles. The van der Waals surface area contributed by atoms with Gasteiger partial charge in [0, 0.05) is 17.5 Å². The fourth-order valence-corrected chi connectivity index (χ4v) is 3.28. The summed E-state index contributed by atoms with van der Waals surface area (Å²) in [5.41, 5.74) is 0. The molecule has 1 fully saturated rings. The first-order chi connectivity index (χ1) is 6.90. The maximum atomic E-state index is 4.45. The number of thiazole rings is 1. The molecule has 0 N–H and O–H groups in total. The van der Waals surface area contributed by atoms with Crippen molar-refractivity contribution in [1.29, 1.82) is 0 Å². The van der Waals surface area contributed by atoms with Gasteiger partial charge in [0.1, 0.15) is 0 Å². The van der Waals surface area contributed by atoms with E-state index < -0.39 is 0 Å². The first-order valence-electron chi connectivity index (χ1n) is 5.79. The molecule has 0 saturated heterocycles. The molecule has 1 aromatic rings. The van der Waals surface area contributed by atoms with Gasteiger partial charge in [-0.3, -0.25) is 0 Å². The van der Waals surface area contributed by atoms with Crippen molar-refractivity contribution >= 4 is 11.3 Å². The molecular formula is C12H19NS. The van der Waals surface area contributed by atoms with Gasteiger partial charge in [-0.25, -0.2) is 4.98 Å². The summed E-state index contributed by atoms with van der Waals surface area (Å²) in [4.78, 5) is 4.45. The molecule has 1 nitrogen and oxygen atoms in total. The molecule has 0 radical (unpaired) electrons. The van der Waals surface area contributed by atoms with Crippen LogP contribution in [0.25, 0.3) is 0 Å². The number of nitrogens with zero attached hydrogens (tertiary/aromatic N) is 1. The maximum absolute atomic E-state index is 4.45. The van der Waals surface area contributed by atoms with Crippen molar-refractivity contribution in [3.63, 3.8) is 0 Å². The van der Waals surface area contributed by atoms with Crippen LogP contribution in [0.5, 0.6) is 0 Å². The number of rotatable bonds is 2. The van der Waals surface area contributed by atoms with Crippen LogP contribution in [-0.4, -0.2) is 4.98 Å². The molecular weight excluding hydrogens is 190 g/mol. The van der Waals surface area contributed by atoms with Gasteiger partial charge in [-0.05, 0) is 25.2 Å². The molecule has 1 aromatic heterocycles. The highest BCUT2D eigenvalue weighted by Gasteiger charge is 2.20. The van der Waals surface area contributed by atoms with E-state index in [1.807, 2.05) is 17.5 Å². The summed E-state index contributed by atoms with van der Waals surface area (Å²) in [7, 11) is 0. The van der Waals surface area contributed by atoms with Crippen LogP contribution < -0.4 is 0 Å². The van der Waals surface area contributed by atoms with Crippen molar-refractivity contribution in [1.82, 2.24) is 4.98 Å². The van der Waals surface area contributed by atoms with E-state index in [4.69, 9.17) is 0 Å². The molecule has 2 rings (SSSR count). The van der Waals surface area contributed by atoms with Crippen molar-refractivity contribution in [2.24, 2.45) is 5.92 Å². The van der Waals surface area contributed by atoms with E-state index in [-0.39, 0.29) is 0 Å². The second-order valence-electron chi connectivity index (χ2n) is 4.35. The fourth-order valence-electron chi connectivity index (χ4n) is 2.47. The molecule has 1 aliphatic rings. The third-order valence-corrected chi connectivity index (χ3v) is 4.40. The molecule has 2 atom stereocenters. The molecule has 0 amide bonds. The average Bonchev–Trinajstić information content (AvgIpc) is 2.63. The van der Waals surface area contributed by atoms with Crippen LogP contribution >= 0.6 is 11.3 Å². The molecule has 1 saturated carbocycles. The zero-order valence-electron chi connectivity index (χ0n) is 8.91. The zero-order chi connectivity index (χ0) is 9.80. The van der Waals surface area contributed by atoms with E-state index in [0.717, 1.165) is 11.8 Å². The van der Waals surface area contributed by atoms with Crippen LogP contribution in [0, 0.1) is 5.92 Å². The Hall–Kier alpha value is -0.370. The van der Waals surface area contributed by atoms with Crippen LogP contribution in [0.15, 0.2) is 11.6 Å². The smallest absolute Gasteiger partial charge is 0.0955 e. The van der Waals surface area contributed by atoms with E-state index in [2.05, 4.69) is 17.3 Å². The number of hydrogen-bond donors (Lipinski definition) is 0. The van der Waals surface area contributed by atoms with Gasteiger partial charge < -0.3 is 0 Å². The Labute approximate surface area is 90.6 Å². The molecule has 78 valence electrons. The fraction of sp³-hybridized carbons (Fsp3) is 0.750. The van der Waals surface area contributed by atoms with E-state index in [0.29, 0.717) is 0 Å². The van der Waals surface area contributed by atoms with Crippen LogP contribution in [-0.2, 0) is 0 Å². The van der Waals surface area contributed by atoms with Crippen molar-refractivity contribution < 1.29 is 0 Å². The van der Waals surface area contributed by atoms with E-state index in [9.17, 15) is 0 Å². The predicted octanol–water partition coefficient (Wildman–Crippen LogP) is 4.22. The van der Waals surface area contributed by atoms with E-state index in [1.165, 1.54) is 43.5 Å². The number of hydrogen-bond acceptors (Lipinski definition) is 2. The van der Waals surface area contributed by atoms with Crippen molar-refractivity contribution in [3.05, 3.63) is 16.6 Å². The lowest BCUT2D eigenvalue weighted by Crippen LogP contribution is -1.98. The molecule has 1 aliphatic carbocycles. The lowest BCUT2D eigenvalue weighted by molar-refractivity contribution is 0.443. The third kappa shape index (κ3) is 2.35. The van der Waals surface area contributed by atoms with Gasteiger partial charge in [-0.1, -0.05) is 26.2 Å². The minimum atomic E-state index is 0.770. The molecule has 2 unspecified atom stereocenters. The summed E-state index contributed by atoms with van der Waals surface area (Å²) >= 11 is 1.84. The van der Waals surface area contributed by atoms with Gasteiger partial charge in [0.05, 0.1) is 5.01 Å². The van der Waals surface area contributed by atoms with Crippen LogP contribution in [0.1, 0.15) is 56.4 Å². The van der Waals surface area contributed by atoms with Gasteiger partial charge in [-0.15, -0.1) is 11.3 Å². The number of aromatic nitrogens is 1. The summed E-state index contributed by atoms with van der Waals surface area (Å²) in [6, 6.07) is 0. The third-order valence-electron chi connectivity index (χ3n) is 3.47. The molecule has 0 bridgehead atoms. The maximum Gasteiger partial charge on any atom is 0.0955 e. The normalized spacial score (nSPS) is 28.6. The van der Waals surface area contributed by atoms with Crippen molar-refractivity contribution in [2.45, 2.75) is 51.4 Å². The Morgan fingerprint density at radius 2 is 2.29 bits per heavy atom. The summed E-state index contributed by atoms with van der Waals surface area (Å²) in [6.07, 6.45) is 10.3. The van der Waals surface area contributed by atoms with Crippen LogP contribution in [0.3, 0.4) is 0 Å². The molecule has 2 heteroatoms. The van der Waals surface area contributed by atoms with Gasteiger partial charge in [0.2, 0.25) is 0 Å². The largest absolute Gasteiger partial charge is 0.249 e. The Morgan fingerprint density at radius 3 is 3.00 bits per heavy atom. The Morgan fingerprint density at radius 1 is 1.36 bits per heavy atom. The second-order valence-corrected chi connectivity index (χ2v) is 5.28. The molecule has 14 heavy (non-hydrogen) atoms.